The number of aromatic nitrogens is 1. The second-order valence-electron chi connectivity index (χ2n) is 5.42. The predicted octanol–water partition coefficient (Wildman–Crippen LogP) is 2.87. The zero-order valence-electron chi connectivity index (χ0n) is 12.2. The highest BCUT2D eigenvalue weighted by atomic mass is 15.2. The molecule has 0 radical (unpaired) electrons. The molecule has 1 aromatic carbocycles. The summed E-state index contributed by atoms with van der Waals surface area (Å²) in [4.78, 5) is 6.66. The van der Waals surface area contributed by atoms with E-state index in [0.717, 1.165) is 26.2 Å². The Kier molecular flexibility index (Phi) is 4.43. The van der Waals surface area contributed by atoms with Crippen LogP contribution in [0.4, 0.5) is 0 Å². The Hall–Kier alpha value is -1.97. The van der Waals surface area contributed by atoms with E-state index in [-0.39, 0.29) is 0 Å². The van der Waals surface area contributed by atoms with Crippen molar-refractivity contribution in [1.82, 2.24) is 15.2 Å². The number of nitrogens with zero attached hydrogens (tertiary/aromatic N) is 2. The molecule has 1 aliphatic heterocycles. The van der Waals surface area contributed by atoms with Crippen molar-refractivity contribution in [3.8, 4) is 0 Å². The van der Waals surface area contributed by atoms with Crippen LogP contribution in [0.1, 0.15) is 22.7 Å². The van der Waals surface area contributed by atoms with Gasteiger partial charge in [-0.25, -0.2) is 0 Å². The second kappa shape index (κ2) is 6.66. The molecule has 3 nitrogen and oxygen atoms in total. The van der Waals surface area contributed by atoms with E-state index in [1.807, 2.05) is 18.5 Å². The van der Waals surface area contributed by atoms with Gasteiger partial charge >= 0.3 is 0 Å². The summed E-state index contributed by atoms with van der Waals surface area (Å²) in [6.45, 7) is 7.89. The van der Waals surface area contributed by atoms with Crippen LogP contribution in [0.5, 0.6) is 0 Å². The molecule has 1 fully saturated rings. The minimum Gasteiger partial charge on any atom is -0.314 e. The molecule has 1 aliphatic rings. The monoisotopic (exact) mass is 279 g/mol. The first-order valence-electron chi connectivity index (χ1n) is 7.43. The van der Waals surface area contributed by atoms with Crippen molar-refractivity contribution >= 4 is 6.08 Å². The van der Waals surface area contributed by atoms with Crippen LogP contribution in [0.25, 0.3) is 6.08 Å². The Morgan fingerprint density at radius 3 is 2.67 bits per heavy atom. The van der Waals surface area contributed by atoms with E-state index in [0.29, 0.717) is 6.04 Å². The maximum atomic E-state index is 4.12. The number of benzene rings is 1. The Morgan fingerprint density at radius 2 is 1.95 bits per heavy atom. The van der Waals surface area contributed by atoms with Crippen LogP contribution >= 0.6 is 0 Å². The van der Waals surface area contributed by atoms with Gasteiger partial charge in [-0.3, -0.25) is 9.88 Å². The summed E-state index contributed by atoms with van der Waals surface area (Å²) < 4.78 is 0. The summed E-state index contributed by atoms with van der Waals surface area (Å²) in [5.41, 5.74) is 3.85. The summed E-state index contributed by atoms with van der Waals surface area (Å²) in [5.74, 6) is 0. The van der Waals surface area contributed by atoms with Gasteiger partial charge in [0.1, 0.15) is 0 Å². The van der Waals surface area contributed by atoms with Crippen LogP contribution in [-0.2, 0) is 6.54 Å². The second-order valence-corrected chi connectivity index (χ2v) is 5.42. The van der Waals surface area contributed by atoms with Crippen molar-refractivity contribution in [2.75, 3.05) is 19.6 Å². The smallest absolute Gasteiger partial charge is 0.0477 e. The van der Waals surface area contributed by atoms with Gasteiger partial charge in [0.25, 0.3) is 0 Å². The first kappa shape index (κ1) is 14.0. The van der Waals surface area contributed by atoms with Gasteiger partial charge in [0.05, 0.1) is 0 Å². The van der Waals surface area contributed by atoms with Crippen molar-refractivity contribution < 1.29 is 0 Å². The van der Waals surface area contributed by atoms with Crippen molar-refractivity contribution in [3.63, 3.8) is 0 Å². The van der Waals surface area contributed by atoms with E-state index in [2.05, 4.69) is 58.2 Å². The van der Waals surface area contributed by atoms with E-state index in [4.69, 9.17) is 0 Å². The Labute approximate surface area is 126 Å². The van der Waals surface area contributed by atoms with Crippen LogP contribution in [0.2, 0.25) is 0 Å². The molecule has 0 spiro atoms. The van der Waals surface area contributed by atoms with Gasteiger partial charge in [-0.15, -0.1) is 0 Å². The third-order valence-electron chi connectivity index (χ3n) is 4.05. The van der Waals surface area contributed by atoms with Crippen LogP contribution in [-0.4, -0.2) is 29.5 Å². The SMILES string of the molecule is C=Cc1ccc(CN2CCNCC2c2ccncc2)cc1. The van der Waals surface area contributed by atoms with Crippen LogP contribution in [0.3, 0.4) is 0 Å². The molecule has 3 rings (SSSR count). The molecule has 1 aromatic heterocycles. The molecule has 1 atom stereocenters. The average molecular weight is 279 g/mol. The normalized spacial score (nSPS) is 19.3. The largest absolute Gasteiger partial charge is 0.314 e. The van der Waals surface area contributed by atoms with E-state index < -0.39 is 0 Å². The molecule has 3 heteroatoms. The third-order valence-corrected chi connectivity index (χ3v) is 4.05. The topological polar surface area (TPSA) is 28.2 Å². The van der Waals surface area contributed by atoms with Gasteiger partial charge < -0.3 is 5.32 Å². The van der Waals surface area contributed by atoms with Gasteiger partial charge in [-0.05, 0) is 28.8 Å². The molecule has 0 bridgehead atoms. The lowest BCUT2D eigenvalue weighted by Gasteiger charge is -2.36. The molecule has 1 saturated heterocycles. The molecule has 1 unspecified atom stereocenters. The standard InChI is InChI=1S/C18H21N3/c1-2-15-3-5-16(6-4-15)14-21-12-11-20-13-18(21)17-7-9-19-10-8-17/h2-10,18,20H,1,11-14H2. The van der Waals surface area contributed by atoms with Gasteiger partial charge in [0.2, 0.25) is 0 Å². The number of hydrogen-bond donors (Lipinski definition) is 1. The predicted molar refractivity (Wildman–Crippen MR) is 86.8 cm³/mol. The van der Waals surface area contributed by atoms with Gasteiger partial charge in [0, 0.05) is 44.6 Å². The molecule has 2 aromatic rings. The first-order chi connectivity index (χ1) is 10.4. The Morgan fingerprint density at radius 1 is 1.19 bits per heavy atom. The summed E-state index contributed by atoms with van der Waals surface area (Å²) in [6, 6.07) is 13.3. The molecule has 108 valence electrons. The third kappa shape index (κ3) is 3.38. The summed E-state index contributed by atoms with van der Waals surface area (Å²) in [6.07, 6.45) is 5.64. The zero-order valence-corrected chi connectivity index (χ0v) is 12.2. The van der Waals surface area contributed by atoms with Crippen molar-refractivity contribution in [2.45, 2.75) is 12.6 Å². The Balaban J connectivity index is 1.76. The molecule has 0 aliphatic carbocycles. The minimum atomic E-state index is 0.417. The fourth-order valence-corrected chi connectivity index (χ4v) is 2.84. The summed E-state index contributed by atoms with van der Waals surface area (Å²) in [7, 11) is 0. The average Bonchev–Trinajstić information content (AvgIpc) is 2.57. The quantitative estimate of drug-likeness (QED) is 0.933. The molecule has 0 saturated carbocycles. The van der Waals surface area contributed by atoms with E-state index in [1.54, 1.807) is 0 Å². The number of rotatable bonds is 4. The van der Waals surface area contributed by atoms with E-state index in [9.17, 15) is 0 Å². The number of hydrogen-bond acceptors (Lipinski definition) is 3. The maximum Gasteiger partial charge on any atom is 0.0477 e. The number of nitrogens with one attached hydrogen (secondary N) is 1. The van der Waals surface area contributed by atoms with Crippen molar-refractivity contribution in [2.24, 2.45) is 0 Å². The molecular weight excluding hydrogens is 258 g/mol. The molecule has 21 heavy (non-hydrogen) atoms. The van der Waals surface area contributed by atoms with E-state index >= 15 is 0 Å². The van der Waals surface area contributed by atoms with Gasteiger partial charge in [0.15, 0.2) is 0 Å². The summed E-state index contributed by atoms with van der Waals surface area (Å²) in [5, 5.41) is 3.49. The summed E-state index contributed by atoms with van der Waals surface area (Å²) >= 11 is 0. The van der Waals surface area contributed by atoms with Crippen LogP contribution in [0.15, 0.2) is 55.4 Å². The first-order valence-corrected chi connectivity index (χ1v) is 7.43. The molecular formula is C18H21N3. The molecule has 0 amide bonds. The molecule has 1 N–H and O–H groups in total. The highest BCUT2D eigenvalue weighted by Gasteiger charge is 2.23. The fraction of sp³-hybridized carbons (Fsp3) is 0.278. The van der Waals surface area contributed by atoms with Crippen LogP contribution < -0.4 is 5.32 Å². The number of pyridine rings is 1. The molecule has 2 heterocycles. The minimum absolute atomic E-state index is 0.417. The fourth-order valence-electron chi connectivity index (χ4n) is 2.84. The highest BCUT2D eigenvalue weighted by Crippen LogP contribution is 2.23. The Bertz CT molecular complexity index is 577. The maximum absolute atomic E-state index is 4.12. The van der Waals surface area contributed by atoms with Crippen LogP contribution in [0, 0.1) is 0 Å². The van der Waals surface area contributed by atoms with E-state index in [1.165, 1.54) is 16.7 Å². The lowest BCUT2D eigenvalue weighted by atomic mass is 10.0. The van der Waals surface area contributed by atoms with Crippen molar-refractivity contribution in [3.05, 3.63) is 72.1 Å². The van der Waals surface area contributed by atoms with Crippen molar-refractivity contribution in [1.29, 1.82) is 0 Å². The van der Waals surface area contributed by atoms with Gasteiger partial charge in [-0.2, -0.15) is 0 Å². The lowest BCUT2D eigenvalue weighted by Crippen LogP contribution is -2.45. The zero-order chi connectivity index (χ0) is 14.5. The van der Waals surface area contributed by atoms with Gasteiger partial charge in [-0.1, -0.05) is 36.9 Å². The number of piperazine rings is 1. The highest BCUT2D eigenvalue weighted by molar-refractivity contribution is 5.47. The lowest BCUT2D eigenvalue weighted by molar-refractivity contribution is 0.153.